The van der Waals surface area contributed by atoms with Crippen LogP contribution in [0, 0.1) is 28.5 Å². The Labute approximate surface area is 408 Å². The Morgan fingerprint density at radius 3 is 2.34 bits per heavy atom. The first-order valence-corrected chi connectivity index (χ1v) is 23.1. The van der Waals surface area contributed by atoms with Crippen LogP contribution in [0.25, 0.3) is 11.3 Å². The summed E-state index contributed by atoms with van der Waals surface area (Å²) in [6.07, 6.45) is 1.14. The van der Waals surface area contributed by atoms with Crippen LogP contribution in [0.2, 0.25) is 0 Å². The fourth-order valence-electron chi connectivity index (χ4n) is 8.11. The maximum Gasteiger partial charge on any atom is 0.419 e. The first-order valence-electron chi connectivity index (χ1n) is 22.7. The van der Waals surface area contributed by atoms with Gasteiger partial charge in [0.05, 0.1) is 30.3 Å². The molecule has 70 heavy (non-hydrogen) atoms. The number of anilines is 2. The van der Waals surface area contributed by atoms with E-state index >= 15 is 4.39 Å². The van der Waals surface area contributed by atoms with Gasteiger partial charge in [0, 0.05) is 50.2 Å². The molecule has 0 aliphatic carbocycles. The molecule has 3 atom stereocenters. The van der Waals surface area contributed by atoms with Gasteiger partial charge < -0.3 is 39.1 Å². The molecule has 0 bridgehead atoms. The van der Waals surface area contributed by atoms with Crippen LogP contribution in [0.15, 0.2) is 71.7 Å². The Balaban J connectivity index is 0.878. The number of carbonyl (C=O) groups excluding carboxylic acids is 4. The minimum absolute atomic E-state index is 0.0573. The number of rotatable bonds is 20. The van der Waals surface area contributed by atoms with Crippen molar-refractivity contribution >= 4 is 52.3 Å². The number of unbranched alkanes of at least 4 members (excludes halogenated alkanes) is 1. The zero-order valence-corrected chi connectivity index (χ0v) is 40.5. The summed E-state index contributed by atoms with van der Waals surface area (Å²) in [5, 5.41) is 14.7. The molecule has 2 saturated heterocycles. The molecule has 4 aromatic rings. The molecule has 0 spiro atoms. The highest BCUT2D eigenvalue weighted by molar-refractivity contribution is 7.81. The molecule has 374 valence electrons. The summed E-state index contributed by atoms with van der Waals surface area (Å²) in [5.41, 5.74) is -2.65. The van der Waals surface area contributed by atoms with Crippen molar-refractivity contribution in [1.82, 2.24) is 25.5 Å². The summed E-state index contributed by atoms with van der Waals surface area (Å²) in [5.74, 6) is -1.83. The molecule has 21 heteroatoms. The molecule has 16 nitrogen and oxygen atoms in total. The van der Waals surface area contributed by atoms with E-state index in [1.54, 1.807) is 11.1 Å². The first kappa shape index (κ1) is 52.9. The number of ether oxygens (including phenoxy) is 3. The molecule has 6 rings (SSSR count). The highest BCUT2D eigenvalue weighted by atomic mass is 32.1. The van der Waals surface area contributed by atoms with Crippen LogP contribution in [0.3, 0.4) is 0 Å². The van der Waals surface area contributed by atoms with Gasteiger partial charge in [-0.25, -0.2) is 14.4 Å². The third-order valence-corrected chi connectivity index (χ3v) is 12.2. The second-order valence-electron chi connectivity index (χ2n) is 18.7. The number of nitrogens with one attached hydrogen (secondary N) is 2. The molecular weight excluding hydrogens is 937 g/mol. The molecular formula is C49H56F4N8O8S. The number of oxazole rings is 1. The number of benzene rings is 2. The van der Waals surface area contributed by atoms with E-state index in [9.17, 15) is 32.3 Å². The maximum absolute atomic E-state index is 15.3. The van der Waals surface area contributed by atoms with Gasteiger partial charge in [0.15, 0.2) is 34.5 Å². The minimum Gasteiger partial charge on any atom is -0.491 e. The van der Waals surface area contributed by atoms with Gasteiger partial charge in [-0.1, -0.05) is 52.0 Å². The predicted octanol–water partition coefficient (Wildman–Crippen LogP) is 7.35. The number of amides is 4. The Morgan fingerprint density at radius 2 is 1.69 bits per heavy atom. The second kappa shape index (κ2) is 22.5. The molecule has 0 unspecified atom stereocenters. The lowest BCUT2D eigenvalue weighted by Crippen LogP contribution is -2.58. The van der Waals surface area contributed by atoms with Gasteiger partial charge in [-0.05, 0) is 86.8 Å². The van der Waals surface area contributed by atoms with Gasteiger partial charge in [0.2, 0.25) is 17.7 Å². The van der Waals surface area contributed by atoms with Crippen LogP contribution in [-0.4, -0.2) is 101 Å². The molecule has 2 N–H and O–H groups in total. The van der Waals surface area contributed by atoms with Crippen LogP contribution < -0.4 is 25.2 Å². The van der Waals surface area contributed by atoms with Crippen LogP contribution in [0.5, 0.6) is 5.75 Å². The van der Waals surface area contributed by atoms with E-state index in [-0.39, 0.29) is 66.3 Å². The smallest absolute Gasteiger partial charge is 0.419 e. The summed E-state index contributed by atoms with van der Waals surface area (Å²) in [4.78, 5) is 65.3. The molecule has 0 radical (unpaired) electrons. The number of hydrogen-bond donors (Lipinski definition) is 2. The lowest BCUT2D eigenvalue weighted by atomic mass is 9.85. The predicted molar refractivity (Wildman–Crippen MR) is 252 cm³/mol. The molecule has 0 saturated carbocycles. The fourth-order valence-corrected chi connectivity index (χ4v) is 8.63. The Kier molecular flexibility index (Phi) is 17.0. The highest BCUT2D eigenvalue weighted by Gasteiger charge is 2.51. The topological polar surface area (TPSA) is 192 Å². The average Bonchev–Trinajstić information content (AvgIpc) is 4.03. The van der Waals surface area contributed by atoms with E-state index in [4.69, 9.17) is 36.1 Å². The monoisotopic (exact) mass is 992 g/mol. The summed E-state index contributed by atoms with van der Waals surface area (Å²) in [6, 6.07) is 12.0. The van der Waals surface area contributed by atoms with E-state index in [0.29, 0.717) is 57.3 Å². The van der Waals surface area contributed by atoms with E-state index in [0.717, 1.165) is 28.3 Å². The highest BCUT2D eigenvalue weighted by Crippen LogP contribution is 2.40. The number of nitriles is 1. The Morgan fingerprint density at radius 1 is 0.986 bits per heavy atom. The number of alkyl halides is 3. The van der Waals surface area contributed by atoms with Crippen LogP contribution in [0.4, 0.5) is 28.9 Å². The summed E-state index contributed by atoms with van der Waals surface area (Å²) >= 11 is 5.52. The van der Waals surface area contributed by atoms with Crippen molar-refractivity contribution in [3.05, 3.63) is 90.0 Å². The number of thiocarbonyl (C=S) groups is 1. The summed E-state index contributed by atoms with van der Waals surface area (Å²) in [6.45, 7) is 12.0. The SMILES string of the molecule is C[C@@H]1C[C@@H](C(=O)NCc2ccc(-c3cnco3)cc2)N(C(=O)[C@@H](NC(=O)COCCCOCCCCOc2ccc(N3C(=S)N(c4cnc(C#N)c(C(F)(F)F)c4)C(=O)C3(C)C)cc2F)C(C)(C)C)C1. The van der Waals surface area contributed by atoms with Crippen molar-refractivity contribution in [2.24, 2.45) is 11.3 Å². The second-order valence-corrected chi connectivity index (χ2v) is 19.1. The van der Waals surface area contributed by atoms with Gasteiger partial charge in [0.1, 0.15) is 30.3 Å². The van der Waals surface area contributed by atoms with Gasteiger partial charge in [0.25, 0.3) is 5.91 Å². The fraction of sp³-hybridized carbons (Fsp3) is 0.469. The van der Waals surface area contributed by atoms with Crippen LogP contribution in [0.1, 0.15) is 84.0 Å². The number of likely N-dealkylation sites (tertiary alicyclic amines) is 1. The maximum atomic E-state index is 15.3. The third-order valence-electron chi connectivity index (χ3n) is 11.8. The lowest BCUT2D eigenvalue weighted by molar-refractivity contribution is -0.144. The van der Waals surface area contributed by atoms with Crippen molar-refractivity contribution in [2.75, 3.05) is 49.4 Å². The molecule has 4 heterocycles. The van der Waals surface area contributed by atoms with E-state index in [1.165, 1.54) is 43.3 Å². The quantitative estimate of drug-likeness (QED) is 0.0508. The normalized spacial score (nSPS) is 17.4. The Bertz CT molecular complexity index is 2570. The number of carbonyl (C=O) groups is 4. The molecule has 2 aromatic heterocycles. The van der Waals surface area contributed by atoms with E-state index in [1.807, 2.05) is 52.0 Å². The average molecular weight is 993 g/mol. The van der Waals surface area contributed by atoms with Gasteiger partial charge >= 0.3 is 6.18 Å². The van der Waals surface area contributed by atoms with Gasteiger partial charge in [-0.2, -0.15) is 18.4 Å². The zero-order valence-electron chi connectivity index (χ0n) is 39.7. The lowest BCUT2D eigenvalue weighted by Gasteiger charge is -2.35. The van der Waals surface area contributed by atoms with Crippen LogP contribution in [-0.2, 0) is 41.4 Å². The third kappa shape index (κ3) is 12.6. The van der Waals surface area contributed by atoms with Crippen molar-refractivity contribution in [3.63, 3.8) is 0 Å². The minimum atomic E-state index is -4.91. The number of hydrogen-bond acceptors (Lipinski definition) is 12. The first-order chi connectivity index (χ1) is 33.1. The van der Waals surface area contributed by atoms with Crippen molar-refractivity contribution in [1.29, 1.82) is 5.26 Å². The van der Waals surface area contributed by atoms with Gasteiger partial charge in [-0.15, -0.1) is 0 Å². The van der Waals surface area contributed by atoms with Crippen molar-refractivity contribution < 1.29 is 55.4 Å². The van der Waals surface area contributed by atoms with Crippen LogP contribution >= 0.6 is 12.2 Å². The summed E-state index contributed by atoms with van der Waals surface area (Å²) < 4.78 is 78.6. The standard InChI is InChI=1S/C49H56F4N8O8S/c1-30-20-38(43(63)57-24-31-10-12-32(13-11-31)40-26-55-29-69-40)59(27-30)44(64)42(47(2,3)4)58-41(62)28-67-18-9-17-66-16-7-8-19-68-39-15-14-33(22-36(39)50)61-46(70)60(45(65)48(61,5)6)34-21-35(49(51,52)53)37(23-54)56-25-34/h10-15,21-22,25-26,29-30,38,42H,7-9,16-20,24,27-28H2,1-6H3,(H,57,63)(H,58,62)/t30-,38+,42-/m1/s1. The number of aromatic nitrogens is 2. The van der Waals surface area contributed by atoms with Crippen molar-refractivity contribution in [3.8, 4) is 23.1 Å². The summed E-state index contributed by atoms with van der Waals surface area (Å²) in [7, 11) is 0. The molecule has 2 aliphatic rings. The number of nitrogens with zero attached hydrogens (tertiary/aromatic N) is 6. The van der Waals surface area contributed by atoms with E-state index in [2.05, 4.69) is 20.6 Å². The largest absolute Gasteiger partial charge is 0.491 e. The molecule has 4 amide bonds. The molecule has 2 aromatic carbocycles. The number of pyridine rings is 1. The molecule has 2 fully saturated rings. The Hall–Kier alpha value is -6.50. The zero-order chi connectivity index (χ0) is 51.0. The molecule has 2 aliphatic heterocycles. The van der Waals surface area contributed by atoms with Crippen molar-refractivity contribution in [2.45, 2.75) is 97.6 Å². The van der Waals surface area contributed by atoms with E-state index < -0.39 is 58.1 Å². The number of halogens is 4. The van der Waals surface area contributed by atoms with Gasteiger partial charge in [-0.3, -0.25) is 24.1 Å².